The van der Waals surface area contributed by atoms with Gasteiger partial charge in [0.1, 0.15) is 0 Å². The van der Waals surface area contributed by atoms with Crippen molar-refractivity contribution in [2.75, 3.05) is 0 Å². The summed E-state index contributed by atoms with van der Waals surface area (Å²) in [7, 11) is 0. The van der Waals surface area contributed by atoms with Gasteiger partial charge < -0.3 is 5.11 Å². The zero-order valence-corrected chi connectivity index (χ0v) is 10.7. The Bertz CT molecular complexity index is 593. The van der Waals surface area contributed by atoms with E-state index >= 15 is 0 Å². The summed E-state index contributed by atoms with van der Waals surface area (Å²) in [6.07, 6.45) is 0. The second kappa shape index (κ2) is 4.78. The molecule has 1 N–H and O–H groups in total. The Labute approximate surface area is 109 Å². The van der Waals surface area contributed by atoms with Gasteiger partial charge in [0.05, 0.1) is 11.4 Å². The SMILES string of the molecule is CC(C)c1c(C(=O)O)nnn1-c1cccc(Cl)c1. The molecule has 6 heteroatoms. The largest absolute Gasteiger partial charge is 0.476 e. The molecule has 0 saturated carbocycles. The molecule has 2 aromatic rings. The topological polar surface area (TPSA) is 68.0 Å². The minimum absolute atomic E-state index is 0.00918. The maximum Gasteiger partial charge on any atom is 0.358 e. The Kier molecular flexibility index (Phi) is 3.34. The first kappa shape index (κ1) is 12.6. The number of rotatable bonds is 3. The van der Waals surface area contributed by atoms with Gasteiger partial charge in [0.15, 0.2) is 5.69 Å². The third kappa shape index (κ3) is 2.22. The van der Waals surface area contributed by atoms with E-state index in [-0.39, 0.29) is 11.6 Å². The molecule has 0 atom stereocenters. The van der Waals surface area contributed by atoms with E-state index in [1.54, 1.807) is 24.3 Å². The number of hydrogen-bond acceptors (Lipinski definition) is 3. The third-order valence-electron chi connectivity index (χ3n) is 2.51. The van der Waals surface area contributed by atoms with Gasteiger partial charge in [-0.1, -0.05) is 36.7 Å². The van der Waals surface area contributed by atoms with Gasteiger partial charge in [0.25, 0.3) is 0 Å². The van der Waals surface area contributed by atoms with Crippen molar-refractivity contribution < 1.29 is 9.90 Å². The number of aromatic carboxylic acids is 1. The first-order valence-corrected chi connectivity index (χ1v) is 5.83. The number of carboxylic acids is 1. The molecule has 0 aliphatic rings. The van der Waals surface area contributed by atoms with Crippen LogP contribution in [0.3, 0.4) is 0 Å². The molecule has 0 radical (unpaired) electrons. The van der Waals surface area contributed by atoms with Crippen LogP contribution in [0.4, 0.5) is 0 Å². The second-order valence-electron chi connectivity index (χ2n) is 4.17. The summed E-state index contributed by atoms with van der Waals surface area (Å²) in [5.74, 6) is -1.09. The number of nitrogens with zero attached hydrogens (tertiary/aromatic N) is 3. The molecule has 0 bridgehead atoms. The van der Waals surface area contributed by atoms with E-state index in [4.69, 9.17) is 16.7 Å². The molecule has 0 aliphatic carbocycles. The van der Waals surface area contributed by atoms with Crippen molar-refractivity contribution in [2.24, 2.45) is 0 Å². The van der Waals surface area contributed by atoms with Crippen LogP contribution in [-0.2, 0) is 0 Å². The van der Waals surface area contributed by atoms with Gasteiger partial charge in [0.2, 0.25) is 0 Å². The van der Waals surface area contributed by atoms with E-state index < -0.39 is 5.97 Å². The quantitative estimate of drug-likeness (QED) is 0.926. The van der Waals surface area contributed by atoms with Crippen molar-refractivity contribution in [2.45, 2.75) is 19.8 Å². The third-order valence-corrected chi connectivity index (χ3v) is 2.74. The predicted molar refractivity (Wildman–Crippen MR) is 67.4 cm³/mol. The Balaban J connectivity index is 2.61. The molecule has 1 aromatic heterocycles. The Hall–Kier alpha value is -1.88. The molecule has 0 amide bonds. The van der Waals surface area contributed by atoms with E-state index in [0.717, 1.165) is 0 Å². The minimum Gasteiger partial charge on any atom is -0.476 e. The normalized spacial score (nSPS) is 10.9. The molecule has 5 nitrogen and oxygen atoms in total. The molecule has 94 valence electrons. The van der Waals surface area contributed by atoms with Crippen LogP contribution in [0, 0.1) is 0 Å². The van der Waals surface area contributed by atoms with E-state index in [1.807, 2.05) is 13.8 Å². The summed E-state index contributed by atoms with van der Waals surface area (Å²) in [6, 6.07) is 7.05. The standard InChI is InChI=1S/C12H12ClN3O2/c1-7(2)11-10(12(17)18)14-15-16(11)9-5-3-4-8(13)6-9/h3-7H,1-2H3,(H,17,18). The molecular weight excluding hydrogens is 254 g/mol. The molecule has 1 aromatic carbocycles. The Morgan fingerprint density at radius 2 is 2.17 bits per heavy atom. The van der Waals surface area contributed by atoms with Gasteiger partial charge in [-0.05, 0) is 24.1 Å². The highest BCUT2D eigenvalue weighted by Crippen LogP contribution is 2.22. The fourth-order valence-electron chi connectivity index (χ4n) is 1.76. The highest BCUT2D eigenvalue weighted by Gasteiger charge is 2.22. The summed E-state index contributed by atoms with van der Waals surface area (Å²) in [5.41, 5.74) is 1.24. The number of hydrogen-bond donors (Lipinski definition) is 1. The molecule has 0 saturated heterocycles. The van der Waals surface area contributed by atoms with E-state index in [9.17, 15) is 4.79 Å². The van der Waals surface area contributed by atoms with Crippen LogP contribution in [0.2, 0.25) is 5.02 Å². The summed E-state index contributed by atoms with van der Waals surface area (Å²) >= 11 is 5.92. The van der Waals surface area contributed by atoms with E-state index in [1.165, 1.54) is 4.68 Å². The smallest absolute Gasteiger partial charge is 0.358 e. The fourth-order valence-corrected chi connectivity index (χ4v) is 1.94. The first-order valence-electron chi connectivity index (χ1n) is 5.45. The first-order chi connectivity index (χ1) is 8.50. The molecule has 0 fully saturated rings. The van der Waals surface area contributed by atoms with Crippen molar-refractivity contribution in [1.29, 1.82) is 0 Å². The molecule has 0 unspecified atom stereocenters. The molecule has 0 aliphatic heterocycles. The Morgan fingerprint density at radius 3 is 2.72 bits per heavy atom. The van der Waals surface area contributed by atoms with Crippen LogP contribution in [0.25, 0.3) is 5.69 Å². The van der Waals surface area contributed by atoms with Crippen molar-refractivity contribution >= 4 is 17.6 Å². The number of benzene rings is 1. The van der Waals surface area contributed by atoms with Crippen molar-refractivity contribution in [3.63, 3.8) is 0 Å². The molecule has 18 heavy (non-hydrogen) atoms. The molecule has 0 spiro atoms. The average Bonchev–Trinajstić information content (AvgIpc) is 2.73. The lowest BCUT2D eigenvalue weighted by Crippen LogP contribution is -2.08. The van der Waals surface area contributed by atoms with Crippen molar-refractivity contribution in [3.8, 4) is 5.69 Å². The number of carboxylic acid groups (broad SMARTS) is 1. The molecule has 1 heterocycles. The number of carbonyl (C=O) groups is 1. The second-order valence-corrected chi connectivity index (χ2v) is 4.61. The zero-order chi connectivity index (χ0) is 13.3. The van der Waals surface area contributed by atoms with Crippen molar-refractivity contribution in [3.05, 3.63) is 40.7 Å². The monoisotopic (exact) mass is 265 g/mol. The van der Waals surface area contributed by atoms with Crippen LogP contribution in [0.5, 0.6) is 0 Å². The fraction of sp³-hybridized carbons (Fsp3) is 0.250. The summed E-state index contributed by atoms with van der Waals surface area (Å²) in [5, 5.41) is 17.3. The lowest BCUT2D eigenvalue weighted by atomic mass is 10.1. The summed E-state index contributed by atoms with van der Waals surface area (Å²) in [4.78, 5) is 11.1. The molecular formula is C12H12ClN3O2. The van der Waals surface area contributed by atoms with Gasteiger partial charge in [-0.3, -0.25) is 0 Å². The number of aromatic nitrogens is 3. The van der Waals surface area contributed by atoms with Gasteiger partial charge >= 0.3 is 5.97 Å². The van der Waals surface area contributed by atoms with Crippen LogP contribution in [0.15, 0.2) is 24.3 Å². The highest BCUT2D eigenvalue weighted by molar-refractivity contribution is 6.30. The van der Waals surface area contributed by atoms with Gasteiger partial charge in [-0.2, -0.15) is 0 Å². The maximum absolute atomic E-state index is 11.1. The van der Waals surface area contributed by atoms with E-state index in [0.29, 0.717) is 16.4 Å². The van der Waals surface area contributed by atoms with Crippen LogP contribution < -0.4 is 0 Å². The maximum atomic E-state index is 11.1. The highest BCUT2D eigenvalue weighted by atomic mass is 35.5. The lowest BCUT2D eigenvalue weighted by Gasteiger charge is -2.09. The minimum atomic E-state index is -1.08. The summed E-state index contributed by atoms with van der Waals surface area (Å²) < 4.78 is 1.51. The summed E-state index contributed by atoms with van der Waals surface area (Å²) in [6.45, 7) is 3.79. The van der Waals surface area contributed by atoms with Gasteiger partial charge in [-0.15, -0.1) is 5.10 Å². The van der Waals surface area contributed by atoms with Gasteiger partial charge in [-0.25, -0.2) is 9.48 Å². The number of halogens is 1. The van der Waals surface area contributed by atoms with Crippen LogP contribution >= 0.6 is 11.6 Å². The molecule has 2 rings (SSSR count). The average molecular weight is 266 g/mol. The predicted octanol–water partition coefficient (Wildman–Crippen LogP) is 2.74. The van der Waals surface area contributed by atoms with Crippen LogP contribution in [0.1, 0.15) is 35.9 Å². The van der Waals surface area contributed by atoms with E-state index in [2.05, 4.69) is 10.3 Å². The van der Waals surface area contributed by atoms with Gasteiger partial charge in [0, 0.05) is 5.02 Å². The van der Waals surface area contributed by atoms with Crippen LogP contribution in [-0.4, -0.2) is 26.1 Å². The zero-order valence-electron chi connectivity index (χ0n) is 9.96. The van der Waals surface area contributed by atoms with Crippen molar-refractivity contribution in [1.82, 2.24) is 15.0 Å². The Morgan fingerprint density at radius 1 is 1.44 bits per heavy atom. The lowest BCUT2D eigenvalue weighted by molar-refractivity contribution is 0.0688.